The summed E-state index contributed by atoms with van der Waals surface area (Å²) >= 11 is 0. The first-order chi connectivity index (χ1) is 14.5. The Labute approximate surface area is 172 Å². The van der Waals surface area contributed by atoms with E-state index in [-0.39, 0.29) is 34.4 Å². The molecule has 0 bridgehead atoms. The Kier molecular flexibility index (Phi) is 3.98. The van der Waals surface area contributed by atoms with Gasteiger partial charge in [0.1, 0.15) is 17.4 Å². The summed E-state index contributed by atoms with van der Waals surface area (Å²) in [4.78, 5) is 27.2. The molecule has 5 rings (SSSR count). The van der Waals surface area contributed by atoms with Crippen molar-refractivity contribution in [1.82, 2.24) is 4.57 Å². The Morgan fingerprint density at radius 1 is 1.37 bits per heavy atom. The van der Waals surface area contributed by atoms with Crippen molar-refractivity contribution in [2.45, 2.75) is 37.8 Å². The Morgan fingerprint density at radius 2 is 2.17 bits per heavy atom. The van der Waals surface area contributed by atoms with Gasteiger partial charge in [0.2, 0.25) is 11.8 Å². The highest BCUT2D eigenvalue weighted by molar-refractivity contribution is 6.12. The zero-order valence-electron chi connectivity index (χ0n) is 16.4. The number of aromatic nitrogens is 1. The van der Waals surface area contributed by atoms with Gasteiger partial charge in [-0.3, -0.25) is 9.59 Å². The van der Waals surface area contributed by atoms with Crippen LogP contribution in [0.4, 0.5) is 5.69 Å². The largest absolute Gasteiger partial charge is 0.440 e. The van der Waals surface area contributed by atoms with E-state index >= 15 is 0 Å². The lowest BCUT2D eigenvalue weighted by molar-refractivity contribution is -0.118. The molecule has 2 unspecified atom stereocenters. The standard InChI is InChI=1S/C22H20N4O4/c1-12-9-17-18(20(27)26(12)11-13-5-4-8-29-13)22(15(10-23)19(24)30-17)14-6-2-3-7-16(14)25-21(22)28/h2-3,6-7,9,13H,4-5,8,11,24H2,1H3,(H,25,28). The minimum absolute atomic E-state index is 0.0688. The van der Waals surface area contributed by atoms with Crippen LogP contribution in [0.15, 0.2) is 46.6 Å². The van der Waals surface area contributed by atoms with E-state index in [1.807, 2.05) is 6.07 Å². The molecule has 0 saturated carbocycles. The number of benzene rings is 1. The average Bonchev–Trinajstić information content (AvgIpc) is 3.32. The number of nitrogens with zero attached hydrogens (tertiary/aromatic N) is 2. The lowest BCUT2D eigenvalue weighted by Gasteiger charge is -2.34. The van der Waals surface area contributed by atoms with E-state index in [9.17, 15) is 14.9 Å². The molecule has 1 aromatic heterocycles. The van der Waals surface area contributed by atoms with Gasteiger partial charge in [0.05, 0.1) is 18.2 Å². The maximum absolute atomic E-state index is 13.8. The van der Waals surface area contributed by atoms with Crippen LogP contribution in [0.5, 0.6) is 5.75 Å². The van der Waals surface area contributed by atoms with Crippen LogP contribution < -0.4 is 21.3 Å². The first-order valence-corrected chi connectivity index (χ1v) is 9.84. The molecule has 3 N–H and O–H groups in total. The molecule has 1 saturated heterocycles. The lowest BCUT2D eigenvalue weighted by Crippen LogP contribution is -2.48. The Morgan fingerprint density at radius 3 is 2.90 bits per heavy atom. The highest BCUT2D eigenvalue weighted by Gasteiger charge is 2.58. The second-order valence-electron chi connectivity index (χ2n) is 7.78. The first kappa shape index (κ1) is 18.5. The number of rotatable bonds is 2. The Bertz CT molecular complexity index is 1220. The zero-order chi connectivity index (χ0) is 21.0. The van der Waals surface area contributed by atoms with E-state index in [0.717, 1.165) is 12.8 Å². The first-order valence-electron chi connectivity index (χ1n) is 9.84. The SMILES string of the molecule is Cc1cc2c(c(=O)n1CC1CCCO1)C1(C(=O)Nc3ccccc31)C(C#N)=C(N)O2. The molecule has 3 aliphatic heterocycles. The molecule has 8 heteroatoms. The van der Waals surface area contributed by atoms with E-state index in [1.165, 1.54) is 0 Å². The Balaban J connectivity index is 1.83. The molecular formula is C22H20N4O4. The summed E-state index contributed by atoms with van der Waals surface area (Å²) in [5, 5.41) is 12.7. The van der Waals surface area contributed by atoms with Crippen molar-refractivity contribution >= 4 is 11.6 Å². The van der Waals surface area contributed by atoms with Gasteiger partial charge in [-0.25, -0.2) is 0 Å². The van der Waals surface area contributed by atoms with Gasteiger partial charge >= 0.3 is 0 Å². The summed E-state index contributed by atoms with van der Waals surface area (Å²) in [6.07, 6.45) is 1.74. The molecule has 0 radical (unpaired) electrons. The molecule has 0 aliphatic carbocycles. The van der Waals surface area contributed by atoms with Gasteiger partial charge < -0.3 is 25.1 Å². The summed E-state index contributed by atoms with van der Waals surface area (Å²) in [7, 11) is 0. The van der Waals surface area contributed by atoms with Crippen LogP contribution >= 0.6 is 0 Å². The summed E-state index contributed by atoms with van der Waals surface area (Å²) in [6, 6.07) is 10.7. The van der Waals surface area contributed by atoms with Crippen molar-refractivity contribution in [3.05, 3.63) is 69.0 Å². The minimum atomic E-state index is -1.65. The Hall–Kier alpha value is -3.57. The topological polar surface area (TPSA) is 119 Å². The predicted octanol–water partition coefficient (Wildman–Crippen LogP) is 1.66. The normalized spacial score (nSPS) is 24.3. The highest BCUT2D eigenvalue weighted by Crippen LogP contribution is 2.51. The fourth-order valence-corrected chi connectivity index (χ4v) is 4.76. The number of amides is 1. The van der Waals surface area contributed by atoms with Crippen LogP contribution in [0.1, 0.15) is 29.7 Å². The van der Waals surface area contributed by atoms with Crippen LogP contribution in [-0.4, -0.2) is 23.2 Å². The maximum Gasteiger partial charge on any atom is 0.259 e. The van der Waals surface area contributed by atoms with Crippen molar-refractivity contribution in [2.75, 3.05) is 11.9 Å². The molecule has 1 fully saturated rings. The van der Waals surface area contributed by atoms with Gasteiger partial charge in [-0.05, 0) is 25.8 Å². The van der Waals surface area contributed by atoms with Crippen LogP contribution in [0.2, 0.25) is 0 Å². The monoisotopic (exact) mass is 404 g/mol. The van der Waals surface area contributed by atoms with Crippen LogP contribution in [0.25, 0.3) is 0 Å². The third-order valence-electron chi connectivity index (χ3n) is 6.13. The molecule has 1 amide bonds. The molecule has 2 atom stereocenters. The number of aryl methyl sites for hydroxylation is 1. The van der Waals surface area contributed by atoms with Gasteiger partial charge in [0, 0.05) is 29.6 Å². The number of nitrogens with two attached hydrogens (primary N) is 1. The number of pyridine rings is 1. The molecule has 1 spiro atoms. The van der Waals surface area contributed by atoms with Crippen LogP contribution in [0, 0.1) is 18.3 Å². The van der Waals surface area contributed by atoms with Crippen molar-refractivity contribution in [1.29, 1.82) is 5.26 Å². The van der Waals surface area contributed by atoms with Gasteiger partial charge in [-0.1, -0.05) is 18.2 Å². The zero-order valence-corrected chi connectivity index (χ0v) is 16.4. The van der Waals surface area contributed by atoms with Crippen molar-refractivity contribution in [3.63, 3.8) is 0 Å². The summed E-state index contributed by atoms with van der Waals surface area (Å²) in [5.41, 5.74) is 5.81. The van der Waals surface area contributed by atoms with E-state index in [2.05, 4.69) is 5.32 Å². The second-order valence-corrected chi connectivity index (χ2v) is 7.78. The van der Waals surface area contributed by atoms with Gasteiger partial charge in [-0.15, -0.1) is 0 Å². The van der Waals surface area contributed by atoms with Gasteiger partial charge in [-0.2, -0.15) is 5.26 Å². The third-order valence-corrected chi connectivity index (χ3v) is 6.13. The number of nitriles is 1. The molecule has 1 aromatic carbocycles. The molecule has 4 heterocycles. The number of fused-ring (bicyclic) bond motifs is 4. The minimum Gasteiger partial charge on any atom is -0.440 e. The molecule has 2 aromatic rings. The highest BCUT2D eigenvalue weighted by atomic mass is 16.5. The molecule has 3 aliphatic rings. The molecular weight excluding hydrogens is 384 g/mol. The summed E-state index contributed by atoms with van der Waals surface area (Å²) < 4.78 is 13.0. The number of ether oxygens (including phenoxy) is 2. The van der Waals surface area contributed by atoms with Crippen molar-refractivity contribution in [2.24, 2.45) is 5.73 Å². The second kappa shape index (κ2) is 6.47. The number of carbonyl (C=O) groups excluding carboxylic acids is 1. The lowest BCUT2D eigenvalue weighted by atomic mass is 9.69. The molecule has 152 valence electrons. The quantitative estimate of drug-likeness (QED) is 0.786. The summed E-state index contributed by atoms with van der Waals surface area (Å²) in [5.74, 6) is -0.464. The van der Waals surface area contributed by atoms with Gasteiger partial charge in [0.25, 0.3) is 5.56 Å². The third kappa shape index (κ3) is 2.30. The molecule has 30 heavy (non-hydrogen) atoms. The van der Waals surface area contributed by atoms with E-state index in [1.54, 1.807) is 41.8 Å². The molecule has 8 nitrogen and oxygen atoms in total. The number of hydrogen-bond acceptors (Lipinski definition) is 6. The van der Waals surface area contributed by atoms with Gasteiger partial charge in [0.15, 0.2) is 5.41 Å². The maximum atomic E-state index is 13.8. The fourth-order valence-electron chi connectivity index (χ4n) is 4.76. The number of hydrogen-bond donors (Lipinski definition) is 2. The fraction of sp³-hybridized carbons (Fsp3) is 0.318. The van der Waals surface area contributed by atoms with Crippen molar-refractivity contribution in [3.8, 4) is 11.8 Å². The van der Waals surface area contributed by atoms with E-state index in [4.69, 9.17) is 15.2 Å². The number of anilines is 1. The van der Waals surface area contributed by atoms with Crippen molar-refractivity contribution < 1.29 is 14.3 Å². The number of nitrogens with one attached hydrogen (secondary N) is 1. The average molecular weight is 404 g/mol. The van der Waals surface area contributed by atoms with E-state index < -0.39 is 11.3 Å². The number of carbonyl (C=O) groups is 1. The van der Waals surface area contributed by atoms with E-state index in [0.29, 0.717) is 30.1 Å². The summed E-state index contributed by atoms with van der Waals surface area (Å²) in [6.45, 7) is 2.84. The predicted molar refractivity (Wildman–Crippen MR) is 108 cm³/mol. The van der Waals surface area contributed by atoms with Crippen LogP contribution in [-0.2, 0) is 21.5 Å². The smallest absolute Gasteiger partial charge is 0.259 e. The van der Waals surface area contributed by atoms with Crippen LogP contribution in [0.3, 0.4) is 0 Å². The number of para-hydroxylation sites is 1.